The lowest BCUT2D eigenvalue weighted by Gasteiger charge is -2.37. The summed E-state index contributed by atoms with van der Waals surface area (Å²) >= 11 is 1.20. The van der Waals surface area contributed by atoms with Gasteiger partial charge in [-0.1, -0.05) is 76.5 Å². The van der Waals surface area contributed by atoms with Gasteiger partial charge in [-0.15, -0.1) is 11.3 Å². The number of hydrogen-bond acceptors (Lipinski definition) is 12. The van der Waals surface area contributed by atoms with Crippen molar-refractivity contribution in [3.63, 3.8) is 0 Å². The summed E-state index contributed by atoms with van der Waals surface area (Å²) in [7, 11) is 6.98. The van der Waals surface area contributed by atoms with Crippen molar-refractivity contribution in [3.05, 3.63) is 76.1 Å². The van der Waals surface area contributed by atoms with Gasteiger partial charge in [0.15, 0.2) is 11.9 Å². The number of likely N-dealkylation sites (N-methyl/N-ethyl adjacent to an activating group) is 1. The third-order valence-electron chi connectivity index (χ3n) is 12.0. The van der Waals surface area contributed by atoms with Crippen LogP contribution in [0.2, 0.25) is 0 Å². The molecule has 7 atom stereocenters. The number of ketones is 2. The van der Waals surface area contributed by atoms with Crippen LogP contribution in [0.15, 0.2) is 59.1 Å². The van der Waals surface area contributed by atoms with Gasteiger partial charge in [-0.2, -0.15) is 0 Å². The minimum absolute atomic E-state index is 0.0145. The zero-order valence-corrected chi connectivity index (χ0v) is 40.1. The van der Waals surface area contributed by atoms with Crippen LogP contribution in [0.4, 0.5) is 4.39 Å². The number of amides is 2. The molecule has 0 bridgehead atoms. The number of carbonyl (C=O) groups excluding carboxylic acids is 5. The first-order chi connectivity index (χ1) is 29.6. The molecule has 2 aromatic heterocycles. The van der Waals surface area contributed by atoms with Crippen molar-refractivity contribution in [2.24, 2.45) is 23.7 Å². The largest absolute Gasteiger partial charge is 0.455 e. The Balaban J connectivity index is 1.45. The Morgan fingerprint density at radius 3 is 2.44 bits per heavy atom. The molecule has 0 spiro atoms. The fourth-order valence-electron chi connectivity index (χ4n) is 8.08. The number of esters is 1. The lowest BCUT2D eigenvalue weighted by atomic mass is 9.83. The third kappa shape index (κ3) is 15.8. The lowest BCUT2D eigenvalue weighted by molar-refractivity contribution is -0.149. The summed E-state index contributed by atoms with van der Waals surface area (Å²) in [6, 6.07) is 10.9. The van der Waals surface area contributed by atoms with Crippen LogP contribution in [0.3, 0.4) is 0 Å². The second-order valence-electron chi connectivity index (χ2n) is 17.1. The van der Waals surface area contributed by atoms with E-state index >= 15 is 0 Å². The number of hydrogen-bond donors (Lipinski definition) is 1. The number of Topliss-reactive ketones (excluding diaryl/α,β-unsaturated/α-hetero) is 2. The quantitative estimate of drug-likeness (QED) is 0.0494. The molecular formula is C47H66FN5O6S3. The molecule has 1 aliphatic heterocycles. The standard InChI is InChI=1S/C47H66FN5O6S3/c1-9-31(4)37(27-42(56)39-15-11-13-23-52(39)7)47(58)53(8)40(30(2)3)28-43(59-33(6)54)46-51-38(29-60-46)45(57)50-36(26-34-18-20-35(48)21-19-34)25-32(5)41(55)16-14-24-61-62-44-17-10-12-22-49-44/h10,12,17-22,29-32,36-37,39-40,43H,9,11,13-16,23-28H2,1-8H3,(H,50,57)/t31?,32-,36+,37-,39+,40+,43+/m0/s1. The molecular weight excluding hydrogens is 846 g/mol. The van der Waals surface area contributed by atoms with E-state index in [-0.39, 0.29) is 71.7 Å². The van der Waals surface area contributed by atoms with E-state index in [4.69, 9.17) is 4.74 Å². The number of benzene rings is 1. The molecule has 3 aromatic rings. The molecule has 1 fully saturated rings. The van der Waals surface area contributed by atoms with E-state index in [9.17, 15) is 28.4 Å². The predicted octanol–water partition coefficient (Wildman–Crippen LogP) is 9.42. The highest BCUT2D eigenvalue weighted by molar-refractivity contribution is 8.76. The highest BCUT2D eigenvalue weighted by atomic mass is 33.1. The number of rotatable bonds is 25. The van der Waals surface area contributed by atoms with Gasteiger partial charge < -0.3 is 15.0 Å². The molecule has 62 heavy (non-hydrogen) atoms. The number of carbonyl (C=O) groups is 5. The van der Waals surface area contributed by atoms with Crippen molar-refractivity contribution < 1.29 is 33.1 Å². The van der Waals surface area contributed by atoms with Crippen LogP contribution in [0, 0.1) is 29.5 Å². The summed E-state index contributed by atoms with van der Waals surface area (Å²) in [6.45, 7) is 12.1. The van der Waals surface area contributed by atoms with Gasteiger partial charge in [0, 0.05) is 74.5 Å². The smallest absolute Gasteiger partial charge is 0.303 e. The monoisotopic (exact) mass is 911 g/mol. The molecule has 4 rings (SSSR count). The summed E-state index contributed by atoms with van der Waals surface area (Å²) in [4.78, 5) is 80.5. The number of ether oxygens (including phenoxy) is 1. The molecule has 1 saturated heterocycles. The van der Waals surface area contributed by atoms with Crippen LogP contribution in [-0.4, -0.2) is 93.6 Å². The number of thiazole rings is 1. The average molecular weight is 912 g/mol. The summed E-state index contributed by atoms with van der Waals surface area (Å²) in [6.07, 6.45) is 6.83. The zero-order chi connectivity index (χ0) is 45.3. The van der Waals surface area contributed by atoms with Gasteiger partial charge in [-0.05, 0) is 98.2 Å². The van der Waals surface area contributed by atoms with Crippen LogP contribution < -0.4 is 5.32 Å². The van der Waals surface area contributed by atoms with Crippen molar-refractivity contribution in [2.45, 2.75) is 135 Å². The summed E-state index contributed by atoms with van der Waals surface area (Å²) in [5.74, 6) is -1.31. The highest BCUT2D eigenvalue weighted by Gasteiger charge is 2.38. The molecule has 1 unspecified atom stereocenters. The molecule has 2 amide bonds. The van der Waals surface area contributed by atoms with Crippen molar-refractivity contribution in [2.75, 3.05) is 26.4 Å². The Labute approximate surface area is 379 Å². The molecule has 1 N–H and O–H groups in total. The van der Waals surface area contributed by atoms with Crippen molar-refractivity contribution in [1.82, 2.24) is 25.1 Å². The molecule has 0 saturated carbocycles. The first-order valence-electron chi connectivity index (χ1n) is 22.0. The number of nitrogens with zero attached hydrogens (tertiary/aromatic N) is 4. The van der Waals surface area contributed by atoms with E-state index in [2.05, 4.69) is 20.2 Å². The van der Waals surface area contributed by atoms with Crippen LogP contribution in [0.1, 0.15) is 126 Å². The highest BCUT2D eigenvalue weighted by Crippen LogP contribution is 2.33. The minimum atomic E-state index is -0.838. The Bertz CT molecular complexity index is 1900. The number of nitrogens with one attached hydrogen (secondary N) is 1. The number of halogens is 1. The van der Waals surface area contributed by atoms with Gasteiger partial charge in [-0.25, -0.2) is 14.4 Å². The Morgan fingerprint density at radius 1 is 1.05 bits per heavy atom. The first-order valence-corrected chi connectivity index (χ1v) is 25.2. The van der Waals surface area contributed by atoms with E-state index in [1.54, 1.807) is 57.2 Å². The van der Waals surface area contributed by atoms with E-state index in [1.807, 2.05) is 59.9 Å². The maximum atomic E-state index is 14.4. The molecule has 15 heteroatoms. The number of piperidine rings is 1. The first kappa shape index (κ1) is 51.0. The molecule has 3 heterocycles. The van der Waals surface area contributed by atoms with E-state index < -0.39 is 29.9 Å². The number of pyridine rings is 1. The Hall–Kier alpha value is -3.66. The molecule has 1 aliphatic rings. The third-order valence-corrected chi connectivity index (χ3v) is 15.3. The van der Waals surface area contributed by atoms with Gasteiger partial charge in [0.1, 0.15) is 27.3 Å². The number of aromatic nitrogens is 2. The summed E-state index contributed by atoms with van der Waals surface area (Å²) < 4.78 is 19.7. The van der Waals surface area contributed by atoms with E-state index in [0.29, 0.717) is 30.7 Å². The normalized spacial score (nSPS) is 17.4. The average Bonchev–Trinajstić information content (AvgIpc) is 3.75. The SMILES string of the molecule is CCC(C)[C@H](CC(=O)[C@H]1CCCCN1C)C(=O)N(C)[C@H](C[C@@H](OC(C)=O)c1nc(C(=O)N[C@@H](Cc2ccc(F)cc2)C[C@H](C)C(=O)CCCSSc2ccccn2)cs1)C(C)C. The van der Waals surface area contributed by atoms with Gasteiger partial charge >= 0.3 is 5.97 Å². The predicted molar refractivity (Wildman–Crippen MR) is 247 cm³/mol. The van der Waals surface area contributed by atoms with E-state index in [1.165, 1.54) is 30.4 Å². The molecule has 1 aromatic carbocycles. The van der Waals surface area contributed by atoms with Crippen LogP contribution in [0.25, 0.3) is 0 Å². The topological polar surface area (TPSA) is 139 Å². The Kier molecular flexibility index (Phi) is 21.0. The van der Waals surface area contributed by atoms with Gasteiger partial charge in [0.05, 0.1) is 6.04 Å². The summed E-state index contributed by atoms with van der Waals surface area (Å²) in [5, 5.41) is 6.05. The van der Waals surface area contributed by atoms with Gasteiger partial charge in [0.25, 0.3) is 5.91 Å². The van der Waals surface area contributed by atoms with Crippen molar-refractivity contribution in [1.29, 1.82) is 0 Å². The van der Waals surface area contributed by atoms with Gasteiger partial charge in [0.2, 0.25) is 5.91 Å². The Morgan fingerprint density at radius 2 is 1.79 bits per heavy atom. The number of likely N-dealkylation sites (tertiary alicyclic amines) is 1. The second kappa shape index (κ2) is 25.6. The maximum Gasteiger partial charge on any atom is 0.303 e. The second-order valence-corrected chi connectivity index (χ2v) is 20.4. The molecule has 11 nitrogen and oxygen atoms in total. The van der Waals surface area contributed by atoms with Crippen molar-refractivity contribution in [3.8, 4) is 0 Å². The molecule has 340 valence electrons. The van der Waals surface area contributed by atoms with Crippen LogP contribution in [0.5, 0.6) is 0 Å². The molecule has 0 radical (unpaired) electrons. The van der Waals surface area contributed by atoms with E-state index in [0.717, 1.165) is 48.6 Å². The van der Waals surface area contributed by atoms with Gasteiger partial charge in [-0.3, -0.25) is 28.9 Å². The fourth-order valence-corrected chi connectivity index (χ4v) is 10.9. The molecule has 0 aliphatic carbocycles. The van der Waals surface area contributed by atoms with Crippen LogP contribution >= 0.6 is 32.9 Å². The lowest BCUT2D eigenvalue weighted by Crippen LogP contribution is -2.48. The van der Waals surface area contributed by atoms with Crippen molar-refractivity contribution >= 4 is 62.3 Å². The maximum absolute atomic E-state index is 14.4. The fraction of sp³-hybridized carbons (Fsp3) is 0.596. The zero-order valence-electron chi connectivity index (χ0n) is 37.6. The van der Waals surface area contributed by atoms with Crippen LogP contribution in [-0.2, 0) is 30.3 Å². The minimum Gasteiger partial charge on any atom is -0.455 e. The summed E-state index contributed by atoms with van der Waals surface area (Å²) in [5.41, 5.74) is 0.953.